The van der Waals surface area contributed by atoms with E-state index in [1.807, 2.05) is 11.9 Å². The molecule has 1 saturated heterocycles. The number of rotatable bonds is 5. The highest BCUT2D eigenvalue weighted by Gasteiger charge is 2.64. The van der Waals surface area contributed by atoms with E-state index >= 15 is 0 Å². The fraction of sp³-hybridized carbons (Fsp3) is 0.871. The largest absolute Gasteiger partial charge is 0.452 e. The van der Waals surface area contributed by atoms with E-state index < -0.39 is 6.10 Å². The number of likely N-dealkylation sites (tertiary alicyclic amines) is 1. The molecule has 36 heavy (non-hydrogen) atoms. The summed E-state index contributed by atoms with van der Waals surface area (Å²) >= 11 is 0. The van der Waals surface area contributed by atoms with Gasteiger partial charge in [0.2, 0.25) is 0 Å². The molecule has 0 radical (unpaired) electrons. The Morgan fingerprint density at radius 3 is 2.56 bits per heavy atom. The lowest BCUT2D eigenvalue weighted by Crippen LogP contribution is -2.53. The van der Waals surface area contributed by atoms with Crippen molar-refractivity contribution in [3.8, 4) is 0 Å². The zero-order chi connectivity index (χ0) is 26.0. The van der Waals surface area contributed by atoms with Crippen LogP contribution in [-0.2, 0) is 14.3 Å². The highest BCUT2D eigenvalue weighted by Crippen LogP contribution is 2.68. The summed E-state index contributed by atoms with van der Waals surface area (Å²) < 4.78 is 5.47. The Bertz CT molecular complexity index is 913. The molecule has 0 aromatic carbocycles. The lowest BCUT2D eigenvalue weighted by molar-refractivity contribution is -0.160. The van der Waals surface area contributed by atoms with Gasteiger partial charge >= 0.3 is 5.97 Å². The molecule has 5 nitrogen and oxygen atoms in total. The maximum Gasteiger partial charge on any atom is 0.303 e. The molecule has 1 heterocycles. The van der Waals surface area contributed by atoms with E-state index in [0.29, 0.717) is 17.8 Å². The Morgan fingerprint density at radius 2 is 1.86 bits per heavy atom. The van der Waals surface area contributed by atoms with Gasteiger partial charge in [-0.05, 0) is 112 Å². The van der Waals surface area contributed by atoms with E-state index in [9.17, 15) is 9.59 Å². The first-order chi connectivity index (χ1) is 17.0. The van der Waals surface area contributed by atoms with Gasteiger partial charge in [0, 0.05) is 32.6 Å². The van der Waals surface area contributed by atoms with Crippen LogP contribution in [0.1, 0.15) is 92.4 Å². The van der Waals surface area contributed by atoms with E-state index in [1.165, 1.54) is 52.0 Å². The Labute approximate surface area is 219 Å². The normalized spacial score (nSPS) is 42.6. The van der Waals surface area contributed by atoms with Crippen LogP contribution in [0, 0.1) is 40.4 Å². The number of hydrogen-bond acceptors (Lipinski definition) is 4. The van der Waals surface area contributed by atoms with Crippen molar-refractivity contribution in [2.24, 2.45) is 40.4 Å². The van der Waals surface area contributed by atoms with Crippen molar-refractivity contribution in [1.29, 1.82) is 0 Å². The number of allylic oxidation sites excluding steroid dienone is 1. The maximum atomic E-state index is 13.4. The predicted octanol–water partition coefficient (Wildman–Crippen LogP) is 5.68. The molecule has 9 atom stereocenters. The van der Waals surface area contributed by atoms with Gasteiger partial charge in [0.1, 0.15) is 0 Å². The van der Waals surface area contributed by atoms with Gasteiger partial charge in [0.25, 0.3) is 5.91 Å². The first-order valence-electron chi connectivity index (χ1n) is 14.8. The minimum absolute atomic E-state index is 0.0298. The molecule has 5 heteroatoms. The van der Waals surface area contributed by atoms with E-state index in [4.69, 9.17) is 4.74 Å². The average molecular weight is 499 g/mol. The Balaban J connectivity index is 1.31. The van der Waals surface area contributed by atoms with Crippen molar-refractivity contribution < 1.29 is 14.3 Å². The topological polar surface area (TPSA) is 49.9 Å². The molecule has 0 bridgehead atoms. The fourth-order valence-corrected chi connectivity index (χ4v) is 10.0. The van der Waals surface area contributed by atoms with Gasteiger partial charge in [0.15, 0.2) is 6.10 Å². The van der Waals surface area contributed by atoms with Gasteiger partial charge in [-0.2, -0.15) is 0 Å². The van der Waals surface area contributed by atoms with Crippen molar-refractivity contribution in [3.63, 3.8) is 0 Å². The maximum absolute atomic E-state index is 13.4. The van der Waals surface area contributed by atoms with Crippen molar-refractivity contribution >= 4 is 11.9 Å². The van der Waals surface area contributed by atoms with Gasteiger partial charge in [-0.15, -0.1) is 0 Å². The first-order valence-corrected chi connectivity index (χ1v) is 14.8. The Kier molecular flexibility index (Phi) is 6.88. The molecular formula is C31H50N2O3. The Morgan fingerprint density at radius 1 is 1.14 bits per heavy atom. The minimum atomic E-state index is -0.665. The zero-order valence-electron chi connectivity index (χ0n) is 23.9. The lowest BCUT2D eigenvalue weighted by Gasteiger charge is -2.58. The molecule has 5 rings (SSSR count). The molecule has 4 fully saturated rings. The molecule has 0 N–H and O–H groups in total. The Hall–Kier alpha value is -1.36. The number of likely N-dealkylation sites (N-methyl/N-ethyl adjacent to an activating group) is 1. The van der Waals surface area contributed by atoms with Crippen LogP contribution >= 0.6 is 0 Å². The third-order valence-electron chi connectivity index (χ3n) is 11.8. The molecule has 0 aromatic rings. The summed E-state index contributed by atoms with van der Waals surface area (Å²) in [5, 5.41) is 0. The van der Waals surface area contributed by atoms with Crippen LogP contribution in [0.3, 0.4) is 0 Å². The van der Waals surface area contributed by atoms with Crippen LogP contribution in [0.2, 0.25) is 0 Å². The highest BCUT2D eigenvalue weighted by atomic mass is 16.5. The average Bonchev–Trinajstić information content (AvgIpc) is 3.30. The van der Waals surface area contributed by atoms with E-state index in [2.05, 4.69) is 45.7 Å². The molecule has 1 amide bonds. The third-order valence-corrected chi connectivity index (χ3v) is 11.8. The number of nitrogens with zero attached hydrogens (tertiary/aromatic N) is 2. The molecule has 1 unspecified atom stereocenters. The highest BCUT2D eigenvalue weighted by molar-refractivity contribution is 5.83. The number of fused-ring (bicyclic) bond motifs is 4. The summed E-state index contributed by atoms with van der Waals surface area (Å²) in [4.78, 5) is 29.6. The van der Waals surface area contributed by atoms with Gasteiger partial charge in [-0.1, -0.05) is 32.4 Å². The zero-order valence-corrected chi connectivity index (χ0v) is 23.9. The molecule has 1 spiro atoms. The third kappa shape index (κ3) is 4.07. The molecular weight excluding hydrogens is 448 g/mol. The van der Waals surface area contributed by atoms with Gasteiger partial charge in [0.05, 0.1) is 0 Å². The molecule has 1 aliphatic heterocycles. The standard InChI is InChI=1S/C31H50N2O3/c1-19(2)16-28(36-21(4)34)29(35)33(7)23-12-14-30(5)22(17-23)8-9-24-26(30)13-15-31-18-32(6)20(3)25(31)10-11-27(24)31/h8,19-20,23-28H,9-18H2,1-7H3/t20-,23-,24+,25+,26-,27-,28?,30-,31-/m0/s1. The number of amides is 1. The second-order valence-electron chi connectivity index (χ2n) is 13.9. The number of carbonyl (C=O) groups is 2. The monoisotopic (exact) mass is 498 g/mol. The van der Waals surface area contributed by atoms with Crippen LogP contribution in [0.15, 0.2) is 11.6 Å². The smallest absolute Gasteiger partial charge is 0.303 e. The van der Waals surface area contributed by atoms with E-state index in [1.54, 1.807) is 5.57 Å². The minimum Gasteiger partial charge on any atom is -0.452 e. The summed E-state index contributed by atoms with van der Waals surface area (Å²) in [5.74, 6) is 3.33. The summed E-state index contributed by atoms with van der Waals surface area (Å²) in [6.45, 7) is 11.9. The van der Waals surface area contributed by atoms with Crippen molar-refractivity contribution in [2.45, 2.75) is 111 Å². The van der Waals surface area contributed by atoms with Crippen LogP contribution in [0.4, 0.5) is 0 Å². The molecule has 3 saturated carbocycles. The fourth-order valence-electron chi connectivity index (χ4n) is 10.0. The molecule has 4 aliphatic carbocycles. The summed E-state index contributed by atoms with van der Waals surface area (Å²) in [5.41, 5.74) is 2.46. The molecule has 0 aromatic heterocycles. The van der Waals surface area contributed by atoms with Crippen molar-refractivity contribution in [2.75, 3.05) is 20.6 Å². The second-order valence-corrected chi connectivity index (χ2v) is 13.9. The van der Waals surface area contributed by atoms with E-state index in [-0.39, 0.29) is 23.3 Å². The molecule has 202 valence electrons. The van der Waals surface area contributed by atoms with Crippen LogP contribution < -0.4 is 0 Å². The number of carbonyl (C=O) groups excluding carboxylic acids is 2. The SMILES string of the molecule is CC(=O)OC(CC(C)C)C(=O)N(C)[C@H]1CC[C@@]2(C)C(=CC[C@H]3[C@@H]4CC[C@@H]5[C@H](C)N(C)C[C@@]54CC[C@@H]32)C1. The summed E-state index contributed by atoms with van der Waals surface area (Å²) in [7, 11) is 4.28. The number of ether oxygens (including phenoxy) is 1. The number of hydrogen-bond donors (Lipinski definition) is 0. The van der Waals surface area contributed by atoms with Crippen molar-refractivity contribution in [3.05, 3.63) is 11.6 Å². The summed E-state index contributed by atoms with van der Waals surface area (Å²) in [6, 6.07) is 0.945. The number of esters is 1. The lowest BCUT2D eigenvalue weighted by atomic mass is 9.47. The second kappa shape index (κ2) is 9.43. The van der Waals surface area contributed by atoms with Gasteiger partial charge in [-0.3, -0.25) is 9.59 Å². The van der Waals surface area contributed by atoms with Gasteiger partial charge in [-0.25, -0.2) is 0 Å². The van der Waals surface area contributed by atoms with Crippen LogP contribution in [0.5, 0.6) is 0 Å². The summed E-state index contributed by atoms with van der Waals surface area (Å²) in [6.07, 6.45) is 12.6. The van der Waals surface area contributed by atoms with E-state index in [0.717, 1.165) is 42.6 Å². The predicted molar refractivity (Wildman–Crippen MR) is 143 cm³/mol. The van der Waals surface area contributed by atoms with Crippen molar-refractivity contribution in [1.82, 2.24) is 9.80 Å². The first kappa shape index (κ1) is 26.3. The quantitative estimate of drug-likeness (QED) is 0.361. The molecule has 5 aliphatic rings. The van der Waals surface area contributed by atoms with Gasteiger partial charge < -0.3 is 14.5 Å². The van der Waals surface area contributed by atoms with Crippen LogP contribution in [0.25, 0.3) is 0 Å². The van der Waals surface area contributed by atoms with Crippen LogP contribution in [-0.4, -0.2) is 60.5 Å².